The molecule has 7 heteroatoms. The topological polar surface area (TPSA) is 81.3 Å². The maximum Gasteiger partial charge on any atom is 0.257 e. The van der Waals surface area contributed by atoms with Gasteiger partial charge in [0.15, 0.2) is 0 Å². The first-order chi connectivity index (χ1) is 12.7. The molecule has 2 heterocycles. The molecule has 1 aliphatic heterocycles. The van der Waals surface area contributed by atoms with Crippen molar-refractivity contribution in [2.75, 3.05) is 26.2 Å². The van der Waals surface area contributed by atoms with Crippen molar-refractivity contribution in [1.82, 2.24) is 14.9 Å². The average molecular weight is 375 g/mol. The fraction of sp³-hybridized carbons (Fsp3) is 0.421. The number of aromatic nitrogens is 2. The molecule has 1 saturated heterocycles. The molecule has 0 bridgehead atoms. The smallest absolute Gasteiger partial charge is 0.257 e. The predicted molar refractivity (Wildman–Crippen MR) is 101 cm³/mol. The van der Waals surface area contributed by atoms with Gasteiger partial charge < -0.3 is 15.4 Å². The summed E-state index contributed by atoms with van der Waals surface area (Å²) in [5.74, 6) is 0.702. The van der Waals surface area contributed by atoms with Crippen LogP contribution in [0.4, 0.5) is 0 Å². The van der Waals surface area contributed by atoms with E-state index in [2.05, 4.69) is 9.97 Å². The molecule has 0 spiro atoms. The van der Waals surface area contributed by atoms with Gasteiger partial charge in [0.25, 0.3) is 5.91 Å². The van der Waals surface area contributed by atoms with E-state index < -0.39 is 0 Å². The SMILES string of the molecule is NCCCOc1cc(Cl)ccc1C(=O)N1CCC[C@H](c2ccncn2)C1. The molecule has 26 heavy (non-hydrogen) atoms. The number of carbonyl (C=O) groups excluding carboxylic acids is 1. The Labute approximate surface area is 158 Å². The summed E-state index contributed by atoms with van der Waals surface area (Å²) in [5.41, 5.74) is 7.03. The van der Waals surface area contributed by atoms with Crippen LogP contribution in [0.2, 0.25) is 5.02 Å². The van der Waals surface area contributed by atoms with E-state index in [4.69, 9.17) is 22.1 Å². The lowest BCUT2D eigenvalue weighted by Gasteiger charge is -2.32. The molecule has 1 fully saturated rings. The Morgan fingerprint density at radius 3 is 3.04 bits per heavy atom. The second kappa shape index (κ2) is 8.96. The van der Waals surface area contributed by atoms with Gasteiger partial charge in [-0.3, -0.25) is 4.79 Å². The Kier molecular flexibility index (Phi) is 6.41. The van der Waals surface area contributed by atoms with Crippen molar-refractivity contribution in [3.63, 3.8) is 0 Å². The van der Waals surface area contributed by atoms with Gasteiger partial charge >= 0.3 is 0 Å². The van der Waals surface area contributed by atoms with E-state index in [1.807, 2.05) is 11.0 Å². The van der Waals surface area contributed by atoms with E-state index in [1.54, 1.807) is 30.7 Å². The van der Waals surface area contributed by atoms with Crippen LogP contribution in [0.15, 0.2) is 36.8 Å². The average Bonchev–Trinajstić information content (AvgIpc) is 2.69. The summed E-state index contributed by atoms with van der Waals surface area (Å²) in [5, 5.41) is 0.543. The van der Waals surface area contributed by atoms with Gasteiger partial charge in [0, 0.05) is 35.9 Å². The summed E-state index contributed by atoms with van der Waals surface area (Å²) in [6.07, 6.45) is 5.97. The van der Waals surface area contributed by atoms with Gasteiger partial charge in [-0.2, -0.15) is 0 Å². The number of likely N-dealkylation sites (tertiary alicyclic amines) is 1. The summed E-state index contributed by atoms with van der Waals surface area (Å²) in [6.45, 7) is 2.36. The van der Waals surface area contributed by atoms with Gasteiger partial charge in [-0.1, -0.05) is 11.6 Å². The van der Waals surface area contributed by atoms with E-state index in [1.165, 1.54) is 0 Å². The molecule has 0 radical (unpaired) electrons. The van der Waals surface area contributed by atoms with Crippen molar-refractivity contribution < 1.29 is 9.53 Å². The van der Waals surface area contributed by atoms with Gasteiger partial charge in [0.1, 0.15) is 12.1 Å². The molecule has 1 aromatic carbocycles. The zero-order valence-corrected chi connectivity index (χ0v) is 15.4. The maximum atomic E-state index is 13.1. The Bertz CT molecular complexity index is 742. The van der Waals surface area contributed by atoms with Crippen LogP contribution in [0.3, 0.4) is 0 Å². The molecule has 2 aromatic rings. The van der Waals surface area contributed by atoms with Gasteiger partial charge in [-0.25, -0.2) is 9.97 Å². The highest BCUT2D eigenvalue weighted by Gasteiger charge is 2.27. The summed E-state index contributed by atoms with van der Waals surface area (Å²) in [6, 6.07) is 7.06. The molecule has 3 rings (SSSR count). The third-order valence-corrected chi connectivity index (χ3v) is 4.75. The van der Waals surface area contributed by atoms with E-state index in [-0.39, 0.29) is 11.8 Å². The van der Waals surface area contributed by atoms with Crippen molar-refractivity contribution >= 4 is 17.5 Å². The number of hydrogen-bond donors (Lipinski definition) is 1. The molecule has 1 aromatic heterocycles. The van der Waals surface area contributed by atoms with Gasteiger partial charge in [0.05, 0.1) is 12.2 Å². The number of carbonyl (C=O) groups is 1. The second-order valence-electron chi connectivity index (χ2n) is 6.36. The Balaban J connectivity index is 1.76. The lowest BCUT2D eigenvalue weighted by Crippen LogP contribution is -2.39. The molecular formula is C19H23ClN4O2. The molecule has 1 amide bonds. The molecule has 0 saturated carbocycles. The van der Waals surface area contributed by atoms with Crippen LogP contribution in [0, 0.1) is 0 Å². The summed E-state index contributed by atoms with van der Waals surface area (Å²) >= 11 is 6.08. The van der Waals surface area contributed by atoms with Crippen molar-refractivity contribution in [3.05, 3.63) is 53.1 Å². The molecule has 0 aliphatic carbocycles. The fourth-order valence-corrected chi connectivity index (χ4v) is 3.34. The minimum absolute atomic E-state index is 0.0387. The summed E-state index contributed by atoms with van der Waals surface area (Å²) in [4.78, 5) is 23.3. The number of ether oxygens (including phenoxy) is 1. The van der Waals surface area contributed by atoms with Crippen LogP contribution >= 0.6 is 11.6 Å². The largest absolute Gasteiger partial charge is 0.493 e. The standard InChI is InChI=1S/C19H23ClN4O2/c20-15-4-5-16(18(11-15)26-10-2-7-21)19(25)24-9-1-3-14(12-24)17-6-8-22-13-23-17/h4-6,8,11,13-14H,1-3,7,9-10,12,21H2/t14-/m0/s1. The van der Waals surface area contributed by atoms with Crippen LogP contribution in [0.1, 0.15) is 41.2 Å². The van der Waals surface area contributed by atoms with Crippen LogP contribution in [0.5, 0.6) is 5.75 Å². The van der Waals surface area contributed by atoms with Crippen molar-refractivity contribution in [2.45, 2.75) is 25.2 Å². The molecule has 2 N–H and O–H groups in total. The highest BCUT2D eigenvalue weighted by atomic mass is 35.5. The molecule has 1 atom stereocenters. The zero-order valence-electron chi connectivity index (χ0n) is 14.6. The quantitative estimate of drug-likeness (QED) is 0.786. The number of amides is 1. The number of hydrogen-bond acceptors (Lipinski definition) is 5. The maximum absolute atomic E-state index is 13.1. The molecule has 6 nitrogen and oxygen atoms in total. The van der Waals surface area contributed by atoms with Gasteiger partial charge in [0.2, 0.25) is 0 Å². The number of piperidine rings is 1. The van der Waals surface area contributed by atoms with E-state index in [0.29, 0.717) is 36.0 Å². The first-order valence-electron chi connectivity index (χ1n) is 8.86. The van der Waals surface area contributed by atoms with Crippen molar-refractivity contribution in [1.29, 1.82) is 0 Å². The zero-order chi connectivity index (χ0) is 18.4. The minimum Gasteiger partial charge on any atom is -0.493 e. The van der Waals surface area contributed by atoms with Crippen molar-refractivity contribution in [3.8, 4) is 5.75 Å². The lowest BCUT2D eigenvalue weighted by molar-refractivity contribution is 0.0701. The number of benzene rings is 1. The number of nitrogens with zero attached hydrogens (tertiary/aromatic N) is 3. The molecule has 138 valence electrons. The Morgan fingerprint density at radius 2 is 2.27 bits per heavy atom. The first-order valence-corrected chi connectivity index (χ1v) is 9.24. The molecule has 1 aliphatic rings. The second-order valence-corrected chi connectivity index (χ2v) is 6.79. The van der Waals surface area contributed by atoms with Crippen molar-refractivity contribution in [2.24, 2.45) is 5.73 Å². The van der Waals surface area contributed by atoms with E-state index >= 15 is 0 Å². The third-order valence-electron chi connectivity index (χ3n) is 4.51. The third kappa shape index (κ3) is 4.51. The highest BCUT2D eigenvalue weighted by molar-refractivity contribution is 6.30. The number of nitrogens with two attached hydrogens (primary N) is 1. The first kappa shape index (κ1) is 18.6. The predicted octanol–water partition coefficient (Wildman–Crippen LogP) is 2.88. The van der Waals surface area contributed by atoms with E-state index in [9.17, 15) is 4.79 Å². The van der Waals surface area contributed by atoms with Gasteiger partial charge in [-0.05, 0) is 50.1 Å². The molecular weight excluding hydrogens is 352 g/mol. The normalized spacial score (nSPS) is 17.2. The Hall–Kier alpha value is -2.18. The van der Waals surface area contributed by atoms with Gasteiger partial charge in [-0.15, -0.1) is 0 Å². The monoisotopic (exact) mass is 374 g/mol. The number of rotatable bonds is 6. The fourth-order valence-electron chi connectivity index (χ4n) is 3.17. The summed E-state index contributed by atoms with van der Waals surface area (Å²) < 4.78 is 5.75. The Morgan fingerprint density at radius 1 is 1.38 bits per heavy atom. The minimum atomic E-state index is -0.0387. The summed E-state index contributed by atoms with van der Waals surface area (Å²) in [7, 11) is 0. The number of halogens is 1. The van der Waals surface area contributed by atoms with E-state index in [0.717, 1.165) is 31.5 Å². The van der Waals surface area contributed by atoms with Crippen LogP contribution in [-0.4, -0.2) is 47.0 Å². The molecule has 0 unspecified atom stereocenters. The van der Waals surface area contributed by atoms with Crippen LogP contribution in [-0.2, 0) is 0 Å². The highest BCUT2D eigenvalue weighted by Crippen LogP contribution is 2.29. The van der Waals surface area contributed by atoms with Crippen LogP contribution in [0.25, 0.3) is 0 Å². The lowest BCUT2D eigenvalue weighted by atomic mass is 9.94. The van der Waals surface area contributed by atoms with Crippen LogP contribution < -0.4 is 10.5 Å².